The van der Waals surface area contributed by atoms with Crippen LogP contribution in [0.1, 0.15) is 181 Å². The molecule has 11 heteroatoms. The molecule has 0 aromatic carbocycles. The van der Waals surface area contributed by atoms with Gasteiger partial charge in [-0.1, -0.05) is 161 Å². The number of hydrogen-bond acceptors (Lipinski definition) is 9. The van der Waals surface area contributed by atoms with E-state index >= 15 is 0 Å². The number of allylic oxidation sites excluding steroid dienone is 1. The Labute approximate surface area is 298 Å². The second kappa shape index (κ2) is 35.1. The maximum atomic E-state index is 12.5. The lowest BCUT2D eigenvalue weighted by Gasteiger charge is -2.20. The third-order valence-corrected chi connectivity index (χ3v) is 9.40. The molecule has 10 nitrogen and oxygen atoms in total. The number of carbonyl (C=O) groups excluding carboxylic acids is 2. The maximum Gasteiger partial charge on any atom is 0.472 e. The Kier molecular flexibility index (Phi) is 34.2. The van der Waals surface area contributed by atoms with E-state index in [0.717, 1.165) is 32.1 Å². The van der Waals surface area contributed by atoms with Crippen molar-refractivity contribution in [3.63, 3.8) is 0 Å². The number of phosphoric acid groups is 1. The van der Waals surface area contributed by atoms with E-state index < -0.39 is 51.8 Å². The normalized spacial score (nSPS) is 14.1. The predicted octanol–water partition coefficient (Wildman–Crippen LogP) is 9.67. The minimum atomic E-state index is -4.61. The van der Waals surface area contributed by atoms with Gasteiger partial charge in [0, 0.05) is 6.42 Å². The summed E-state index contributed by atoms with van der Waals surface area (Å²) in [6.45, 7) is 2.32. The average Bonchev–Trinajstić information content (AvgIpc) is 3.09. The quantitative estimate of drug-likeness (QED) is 0.0245. The fourth-order valence-electron chi connectivity index (χ4n) is 5.39. The summed E-state index contributed by atoms with van der Waals surface area (Å²) in [7, 11) is -4.61. The lowest BCUT2D eigenvalue weighted by Crippen LogP contribution is -2.29. The van der Waals surface area contributed by atoms with Crippen LogP contribution >= 0.6 is 7.82 Å². The number of aliphatic hydroxyl groups excluding tert-OH is 2. The van der Waals surface area contributed by atoms with Gasteiger partial charge in [-0.25, -0.2) is 4.57 Å². The van der Waals surface area contributed by atoms with Gasteiger partial charge in [-0.05, 0) is 19.3 Å². The molecule has 0 rings (SSSR count). The van der Waals surface area contributed by atoms with Crippen LogP contribution in [0.25, 0.3) is 0 Å². The molecule has 3 atom stereocenters. The molecule has 1 unspecified atom stereocenters. The van der Waals surface area contributed by atoms with Crippen LogP contribution in [0, 0.1) is 0 Å². The summed E-state index contributed by atoms with van der Waals surface area (Å²) in [5.74, 6) is -1.01. The highest BCUT2D eigenvalue weighted by Gasteiger charge is 2.27. The van der Waals surface area contributed by atoms with Crippen molar-refractivity contribution < 1.29 is 47.8 Å². The Balaban J connectivity index is 4.39. The molecule has 0 aliphatic rings. The number of carbonyl (C=O) groups is 2. The number of aliphatic hydroxyl groups is 2. The van der Waals surface area contributed by atoms with Crippen LogP contribution in [-0.4, -0.2) is 65.7 Å². The van der Waals surface area contributed by atoms with Gasteiger partial charge in [-0.3, -0.25) is 18.6 Å². The molecule has 0 saturated heterocycles. The summed E-state index contributed by atoms with van der Waals surface area (Å²) in [5, 5.41) is 18.3. The van der Waals surface area contributed by atoms with Crippen LogP contribution < -0.4 is 0 Å². The van der Waals surface area contributed by atoms with Crippen molar-refractivity contribution in [3.05, 3.63) is 12.2 Å². The first-order chi connectivity index (χ1) is 23.7. The standard InChI is InChI=1S/C38H73O10P/c1-3-5-7-9-11-13-15-17-19-21-23-25-27-29-37(41)45-33-36(34-47-49(43,44)46-32-35(40)31-39)48-38(42)30-28-26-24-22-20-18-16-14-12-10-8-6-4-2/h25,27,35-36,39-40H,3-24,26,28-34H2,1-2H3,(H,43,44)/b27-25-/t35-,36+/m0/s1. The van der Waals surface area contributed by atoms with Gasteiger partial charge in [-0.2, -0.15) is 0 Å². The van der Waals surface area contributed by atoms with Crippen molar-refractivity contribution in [1.29, 1.82) is 0 Å². The van der Waals surface area contributed by atoms with Crippen molar-refractivity contribution in [2.24, 2.45) is 0 Å². The van der Waals surface area contributed by atoms with Crippen LogP contribution in [0.2, 0.25) is 0 Å². The van der Waals surface area contributed by atoms with Crippen LogP contribution in [0.3, 0.4) is 0 Å². The van der Waals surface area contributed by atoms with Gasteiger partial charge < -0.3 is 24.6 Å². The van der Waals surface area contributed by atoms with Crippen LogP contribution in [0.5, 0.6) is 0 Å². The number of esters is 2. The third kappa shape index (κ3) is 34.9. The van der Waals surface area contributed by atoms with E-state index in [1.54, 1.807) is 6.08 Å². The smallest absolute Gasteiger partial charge is 0.461 e. The molecule has 0 aromatic heterocycles. The zero-order chi connectivity index (χ0) is 36.3. The van der Waals surface area contributed by atoms with E-state index in [4.69, 9.17) is 19.1 Å². The van der Waals surface area contributed by atoms with Crippen molar-refractivity contribution in [2.75, 3.05) is 26.4 Å². The molecule has 0 amide bonds. The Morgan fingerprint density at radius 2 is 1.06 bits per heavy atom. The summed E-state index contributed by atoms with van der Waals surface area (Å²) in [6, 6.07) is 0. The number of unbranched alkanes of at least 4 members (excludes halogenated alkanes) is 22. The minimum absolute atomic E-state index is 0.0683. The molecule has 3 N–H and O–H groups in total. The zero-order valence-electron chi connectivity index (χ0n) is 31.2. The van der Waals surface area contributed by atoms with Gasteiger partial charge in [0.25, 0.3) is 0 Å². The first kappa shape index (κ1) is 47.7. The molecule has 0 heterocycles. The van der Waals surface area contributed by atoms with Gasteiger partial charge >= 0.3 is 19.8 Å². The summed E-state index contributed by atoms with van der Waals surface area (Å²) in [5.41, 5.74) is 0. The molecule has 49 heavy (non-hydrogen) atoms. The lowest BCUT2D eigenvalue weighted by atomic mass is 10.0. The lowest BCUT2D eigenvalue weighted by molar-refractivity contribution is -0.160. The van der Waals surface area contributed by atoms with Gasteiger partial charge in [0.2, 0.25) is 0 Å². The summed E-state index contributed by atoms with van der Waals surface area (Å²) >= 11 is 0. The Morgan fingerprint density at radius 3 is 1.55 bits per heavy atom. The monoisotopic (exact) mass is 720 g/mol. The fraction of sp³-hybridized carbons (Fsp3) is 0.895. The molecular weight excluding hydrogens is 647 g/mol. The highest BCUT2D eigenvalue weighted by Crippen LogP contribution is 2.43. The molecule has 0 saturated carbocycles. The van der Waals surface area contributed by atoms with Gasteiger partial charge in [-0.15, -0.1) is 0 Å². The van der Waals surface area contributed by atoms with E-state index in [0.29, 0.717) is 6.42 Å². The maximum absolute atomic E-state index is 12.5. The SMILES string of the molecule is CCCCCCCCCCCC/C=C\CC(=O)OC[C@H](COP(=O)(O)OC[C@@H](O)CO)OC(=O)CCCCCCCCCCCCCCC. The molecule has 290 valence electrons. The predicted molar refractivity (Wildman–Crippen MR) is 196 cm³/mol. The number of hydrogen-bond donors (Lipinski definition) is 3. The van der Waals surface area contributed by atoms with Crippen LogP contribution in [-0.2, 0) is 32.7 Å². The molecule has 0 spiro atoms. The zero-order valence-corrected chi connectivity index (χ0v) is 32.1. The van der Waals surface area contributed by atoms with Gasteiger partial charge in [0.15, 0.2) is 6.10 Å². The van der Waals surface area contributed by atoms with E-state index in [1.165, 1.54) is 116 Å². The molecule has 0 aliphatic heterocycles. The Hall–Kier alpha value is -1.29. The third-order valence-electron chi connectivity index (χ3n) is 8.45. The molecule has 0 bridgehead atoms. The summed E-state index contributed by atoms with van der Waals surface area (Å²) < 4.78 is 32.5. The second-order valence-electron chi connectivity index (χ2n) is 13.3. The van der Waals surface area contributed by atoms with E-state index in [-0.39, 0.29) is 19.4 Å². The van der Waals surface area contributed by atoms with Crippen molar-refractivity contribution in [2.45, 2.75) is 193 Å². The van der Waals surface area contributed by atoms with Crippen LogP contribution in [0.15, 0.2) is 12.2 Å². The van der Waals surface area contributed by atoms with Crippen LogP contribution in [0.4, 0.5) is 0 Å². The molecule has 0 aromatic rings. The highest BCUT2D eigenvalue weighted by atomic mass is 31.2. The van der Waals surface area contributed by atoms with E-state index in [2.05, 4.69) is 18.4 Å². The highest BCUT2D eigenvalue weighted by molar-refractivity contribution is 7.47. The van der Waals surface area contributed by atoms with Crippen molar-refractivity contribution in [1.82, 2.24) is 0 Å². The first-order valence-electron chi connectivity index (χ1n) is 19.6. The number of ether oxygens (including phenoxy) is 2. The van der Waals surface area contributed by atoms with Gasteiger partial charge in [0.05, 0.1) is 26.2 Å². The topological polar surface area (TPSA) is 149 Å². The molecular formula is C38H73O10P. The number of phosphoric ester groups is 1. The van der Waals surface area contributed by atoms with Crippen molar-refractivity contribution >= 4 is 19.8 Å². The Bertz CT molecular complexity index is 837. The average molecular weight is 721 g/mol. The van der Waals surface area contributed by atoms with E-state index in [1.807, 2.05) is 6.08 Å². The minimum Gasteiger partial charge on any atom is -0.461 e. The largest absolute Gasteiger partial charge is 0.472 e. The second-order valence-corrected chi connectivity index (χ2v) is 14.8. The molecule has 0 fully saturated rings. The first-order valence-corrected chi connectivity index (χ1v) is 21.1. The van der Waals surface area contributed by atoms with Gasteiger partial charge in [0.1, 0.15) is 12.7 Å². The summed E-state index contributed by atoms with van der Waals surface area (Å²) in [6.07, 6.45) is 30.6. The Morgan fingerprint density at radius 1 is 0.612 bits per heavy atom. The molecule has 0 aliphatic carbocycles. The number of rotatable bonds is 37. The van der Waals surface area contributed by atoms with E-state index in [9.17, 15) is 24.2 Å². The molecule has 0 radical (unpaired) electrons. The van der Waals surface area contributed by atoms with Crippen molar-refractivity contribution in [3.8, 4) is 0 Å². The fourth-order valence-corrected chi connectivity index (χ4v) is 6.18. The summed E-state index contributed by atoms with van der Waals surface area (Å²) in [4.78, 5) is 34.8.